The van der Waals surface area contributed by atoms with E-state index in [1.807, 2.05) is 45.1 Å². The molecular formula is C18H26N2O4. The molecule has 1 rings (SSSR count). The van der Waals surface area contributed by atoms with Crippen LogP contribution in [0.25, 0.3) is 6.08 Å². The minimum absolute atomic E-state index is 0.00224. The zero-order chi connectivity index (χ0) is 18.1. The first-order valence-electron chi connectivity index (χ1n) is 7.84. The molecule has 0 aliphatic carbocycles. The molecule has 0 aliphatic heterocycles. The summed E-state index contributed by atoms with van der Waals surface area (Å²) in [7, 11) is 3.11. The molecular weight excluding hydrogens is 308 g/mol. The van der Waals surface area contributed by atoms with Gasteiger partial charge in [0.15, 0.2) is 18.1 Å². The van der Waals surface area contributed by atoms with Gasteiger partial charge in [0.25, 0.3) is 5.91 Å². The highest BCUT2D eigenvalue weighted by Crippen LogP contribution is 2.28. The Morgan fingerprint density at radius 2 is 2.00 bits per heavy atom. The van der Waals surface area contributed by atoms with E-state index in [4.69, 9.17) is 9.47 Å². The molecule has 0 fully saturated rings. The monoisotopic (exact) mass is 334 g/mol. The van der Waals surface area contributed by atoms with Crippen molar-refractivity contribution in [1.82, 2.24) is 10.2 Å². The molecule has 0 bridgehead atoms. The van der Waals surface area contributed by atoms with E-state index in [9.17, 15) is 9.59 Å². The standard InChI is InChI=1S/C18H26N2O4/c1-6-7-14-8-9-15(16(10-14)23-5)24-12-18(22)20(4)11-17(21)19-13(2)3/h6-10,13H,11-12H2,1-5H3,(H,19,21)/b7-6+. The predicted octanol–water partition coefficient (Wildman–Crippen LogP) is 2.09. The lowest BCUT2D eigenvalue weighted by molar-refractivity contribution is -0.136. The SMILES string of the molecule is C/C=C/c1ccc(OCC(=O)N(C)CC(=O)NC(C)C)c(OC)c1. The molecule has 0 aromatic heterocycles. The zero-order valence-corrected chi connectivity index (χ0v) is 15.0. The first-order valence-corrected chi connectivity index (χ1v) is 7.84. The van der Waals surface area contributed by atoms with Crippen LogP contribution in [-0.2, 0) is 9.59 Å². The van der Waals surface area contributed by atoms with Gasteiger partial charge in [0, 0.05) is 13.1 Å². The molecule has 132 valence electrons. The Balaban J connectivity index is 2.61. The third-order valence-electron chi connectivity index (χ3n) is 3.15. The third kappa shape index (κ3) is 6.32. The molecule has 0 saturated carbocycles. The lowest BCUT2D eigenvalue weighted by Gasteiger charge is -2.18. The minimum Gasteiger partial charge on any atom is -0.493 e. The second-order valence-corrected chi connectivity index (χ2v) is 5.67. The van der Waals surface area contributed by atoms with Crippen LogP contribution >= 0.6 is 0 Å². The number of amides is 2. The van der Waals surface area contributed by atoms with E-state index < -0.39 is 0 Å². The fourth-order valence-electron chi connectivity index (χ4n) is 2.02. The summed E-state index contributed by atoms with van der Waals surface area (Å²) in [6, 6.07) is 5.51. The summed E-state index contributed by atoms with van der Waals surface area (Å²) in [5.74, 6) is 0.556. The van der Waals surface area contributed by atoms with Crippen LogP contribution in [-0.4, -0.2) is 50.1 Å². The van der Waals surface area contributed by atoms with Crippen molar-refractivity contribution in [2.75, 3.05) is 27.3 Å². The highest BCUT2D eigenvalue weighted by molar-refractivity contribution is 5.85. The number of rotatable bonds is 8. The fraction of sp³-hybridized carbons (Fsp3) is 0.444. The van der Waals surface area contributed by atoms with Crippen LogP contribution in [0.1, 0.15) is 26.3 Å². The summed E-state index contributed by atoms with van der Waals surface area (Å²) in [4.78, 5) is 25.1. The van der Waals surface area contributed by atoms with Crippen molar-refractivity contribution in [1.29, 1.82) is 0 Å². The maximum absolute atomic E-state index is 12.1. The third-order valence-corrected chi connectivity index (χ3v) is 3.15. The largest absolute Gasteiger partial charge is 0.493 e. The highest BCUT2D eigenvalue weighted by atomic mass is 16.5. The number of nitrogens with one attached hydrogen (secondary N) is 1. The lowest BCUT2D eigenvalue weighted by Crippen LogP contribution is -2.42. The van der Waals surface area contributed by atoms with E-state index in [2.05, 4.69) is 5.32 Å². The summed E-state index contributed by atoms with van der Waals surface area (Å²) in [5, 5.41) is 2.74. The van der Waals surface area contributed by atoms with Gasteiger partial charge >= 0.3 is 0 Å². The van der Waals surface area contributed by atoms with E-state index in [1.165, 1.54) is 4.90 Å². The van der Waals surface area contributed by atoms with Gasteiger partial charge in [-0.3, -0.25) is 9.59 Å². The summed E-state index contributed by atoms with van der Waals surface area (Å²) in [6.07, 6.45) is 3.87. The van der Waals surface area contributed by atoms with E-state index in [1.54, 1.807) is 20.2 Å². The number of benzene rings is 1. The number of ether oxygens (including phenoxy) is 2. The van der Waals surface area contributed by atoms with Crippen molar-refractivity contribution in [3.05, 3.63) is 29.8 Å². The van der Waals surface area contributed by atoms with Gasteiger partial charge in [-0.15, -0.1) is 0 Å². The molecule has 2 amide bonds. The molecule has 0 atom stereocenters. The van der Waals surface area contributed by atoms with Crippen LogP contribution in [0.3, 0.4) is 0 Å². The molecule has 0 radical (unpaired) electrons. The van der Waals surface area contributed by atoms with Gasteiger partial charge in [-0.25, -0.2) is 0 Å². The molecule has 24 heavy (non-hydrogen) atoms. The molecule has 0 spiro atoms. The summed E-state index contributed by atoms with van der Waals surface area (Å²) in [6.45, 7) is 5.50. The van der Waals surface area contributed by atoms with Crippen LogP contribution in [0.2, 0.25) is 0 Å². The Hall–Kier alpha value is -2.50. The second kappa shape index (κ2) is 9.60. The van der Waals surface area contributed by atoms with Crippen LogP contribution < -0.4 is 14.8 Å². The Kier molecular flexibility index (Phi) is 7.82. The number of likely N-dealkylation sites (N-methyl/N-ethyl adjacent to an activating group) is 1. The topological polar surface area (TPSA) is 67.9 Å². The summed E-state index contributed by atoms with van der Waals surface area (Å²) < 4.78 is 10.8. The van der Waals surface area contributed by atoms with Gasteiger partial charge in [-0.1, -0.05) is 18.2 Å². The first-order chi connectivity index (χ1) is 11.4. The number of hydrogen-bond acceptors (Lipinski definition) is 4. The van der Waals surface area contributed by atoms with Gasteiger partial charge < -0.3 is 19.7 Å². The van der Waals surface area contributed by atoms with Crippen molar-refractivity contribution in [3.63, 3.8) is 0 Å². The van der Waals surface area contributed by atoms with Gasteiger partial charge in [0.2, 0.25) is 5.91 Å². The second-order valence-electron chi connectivity index (χ2n) is 5.67. The van der Waals surface area contributed by atoms with Crippen LogP contribution in [0.4, 0.5) is 0 Å². The maximum atomic E-state index is 12.1. The zero-order valence-electron chi connectivity index (χ0n) is 15.0. The summed E-state index contributed by atoms with van der Waals surface area (Å²) in [5.41, 5.74) is 0.982. The van der Waals surface area contributed by atoms with Crippen molar-refractivity contribution < 1.29 is 19.1 Å². The molecule has 1 aromatic carbocycles. The van der Waals surface area contributed by atoms with Crippen molar-refractivity contribution >= 4 is 17.9 Å². The van der Waals surface area contributed by atoms with Crippen molar-refractivity contribution in [2.24, 2.45) is 0 Å². The maximum Gasteiger partial charge on any atom is 0.260 e. The Morgan fingerprint density at radius 3 is 2.58 bits per heavy atom. The molecule has 6 nitrogen and oxygen atoms in total. The van der Waals surface area contributed by atoms with Crippen LogP contribution in [0, 0.1) is 0 Å². The normalized spacial score (nSPS) is 10.8. The first kappa shape index (κ1) is 19.5. The molecule has 6 heteroatoms. The van der Waals surface area contributed by atoms with Crippen LogP contribution in [0.5, 0.6) is 11.5 Å². The quantitative estimate of drug-likeness (QED) is 0.790. The summed E-state index contributed by atoms with van der Waals surface area (Å²) >= 11 is 0. The molecule has 0 saturated heterocycles. The smallest absolute Gasteiger partial charge is 0.260 e. The van der Waals surface area contributed by atoms with Gasteiger partial charge in [-0.2, -0.15) is 0 Å². The number of carbonyl (C=O) groups excluding carboxylic acids is 2. The number of methoxy groups -OCH3 is 1. The lowest BCUT2D eigenvalue weighted by atomic mass is 10.2. The highest BCUT2D eigenvalue weighted by Gasteiger charge is 2.15. The average Bonchev–Trinajstić information content (AvgIpc) is 2.52. The number of allylic oxidation sites excluding steroid dienone is 1. The Bertz CT molecular complexity index is 597. The van der Waals surface area contributed by atoms with Gasteiger partial charge in [0.05, 0.1) is 13.7 Å². The average molecular weight is 334 g/mol. The van der Waals surface area contributed by atoms with Crippen molar-refractivity contribution in [2.45, 2.75) is 26.8 Å². The minimum atomic E-state index is -0.284. The van der Waals surface area contributed by atoms with E-state index in [0.29, 0.717) is 11.5 Å². The molecule has 0 aliphatic rings. The van der Waals surface area contributed by atoms with E-state index >= 15 is 0 Å². The Labute approximate surface area is 143 Å². The van der Waals surface area contributed by atoms with E-state index in [-0.39, 0.29) is 31.0 Å². The van der Waals surface area contributed by atoms with Crippen LogP contribution in [0.15, 0.2) is 24.3 Å². The Morgan fingerprint density at radius 1 is 1.29 bits per heavy atom. The fourth-order valence-corrected chi connectivity index (χ4v) is 2.02. The number of carbonyl (C=O) groups is 2. The molecule has 0 heterocycles. The van der Waals surface area contributed by atoms with Crippen molar-refractivity contribution in [3.8, 4) is 11.5 Å². The molecule has 0 unspecified atom stereocenters. The van der Waals surface area contributed by atoms with E-state index in [0.717, 1.165) is 5.56 Å². The number of hydrogen-bond donors (Lipinski definition) is 1. The molecule has 1 N–H and O–H groups in total. The number of nitrogens with zero attached hydrogens (tertiary/aromatic N) is 1. The van der Waals surface area contributed by atoms with Gasteiger partial charge in [0.1, 0.15) is 0 Å². The van der Waals surface area contributed by atoms with Gasteiger partial charge in [-0.05, 0) is 38.5 Å². The predicted molar refractivity (Wildman–Crippen MR) is 94.1 cm³/mol. The molecule has 1 aromatic rings.